The van der Waals surface area contributed by atoms with E-state index < -0.39 is 11.0 Å². The first-order valence-electron chi connectivity index (χ1n) is 10.3. The van der Waals surface area contributed by atoms with E-state index in [2.05, 4.69) is 10.8 Å². The molecule has 1 unspecified atom stereocenters. The second-order valence-corrected chi connectivity index (χ2v) is 9.25. The third-order valence-corrected chi connectivity index (χ3v) is 6.94. The summed E-state index contributed by atoms with van der Waals surface area (Å²) in [4.78, 5) is 14.9. The molecule has 154 valence electrons. The zero-order chi connectivity index (χ0) is 19.5. The molecule has 3 aliphatic heterocycles. The molecular formula is C21H30N2O4S. The molecular weight excluding hydrogens is 376 g/mol. The van der Waals surface area contributed by atoms with Crippen molar-refractivity contribution in [3.05, 3.63) is 29.8 Å². The van der Waals surface area contributed by atoms with Crippen LogP contribution in [-0.2, 0) is 20.5 Å². The molecule has 1 saturated heterocycles. The minimum atomic E-state index is -1.12. The van der Waals surface area contributed by atoms with Crippen LogP contribution < -0.4 is 9.46 Å². The predicted octanol–water partition coefficient (Wildman–Crippen LogP) is 2.36. The van der Waals surface area contributed by atoms with Crippen molar-refractivity contribution in [1.82, 2.24) is 9.62 Å². The predicted molar refractivity (Wildman–Crippen MR) is 109 cm³/mol. The van der Waals surface area contributed by atoms with Crippen molar-refractivity contribution in [2.75, 3.05) is 26.0 Å². The fourth-order valence-corrected chi connectivity index (χ4v) is 5.57. The largest absolute Gasteiger partial charge is 0.483 e. The fraction of sp³-hybridized carbons (Fsp3) is 0.667. The van der Waals surface area contributed by atoms with Crippen LogP contribution in [-0.4, -0.2) is 59.2 Å². The second-order valence-electron chi connectivity index (χ2n) is 8.11. The van der Waals surface area contributed by atoms with Gasteiger partial charge in [-0.2, -0.15) is 0 Å². The number of fused-ring (bicyclic) bond motifs is 5. The molecule has 28 heavy (non-hydrogen) atoms. The van der Waals surface area contributed by atoms with E-state index in [1.807, 2.05) is 23.1 Å². The Morgan fingerprint density at radius 3 is 2.71 bits per heavy atom. The van der Waals surface area contributed by atoms with Gasteiger partial charge in [-0.05, 0) is 56.1 Å². The fourth-order valence-electron chi connectivity index (χ4n) is 4.87. The molecule has 0 spiro atoms. The Morgan fingerprint density at radius 2 is 1.93 bits per heavy atom. The zero-order valence-electron chi connectivity index (χ0n) is 16.5. The molecule has 1 saturated carbocycles. The van der Waals surface area contributed by atoms with E-state index in [0.29, 0.717) is 19.1 Å². The summed E-state index contributed by atoms with van der Waals surface area (Å²) in [7, 11) is -1.12. The van der Waals surface area contributed by atoms with Crippen LogP contribution in [0.25, 0.3) is 0 Å². The average Bonchev–Trinajstić information content (AvgIpc) is 2.72. The van der Waals surface area contributed by atoms with E-state index >= 15 is 0 Å². The number of piperidine rings is 1. The van der Waals surface area contributed by atoms with Crippen molar-refractivity contribution in [1.29, 1.82) is 0 Å². The number of hydrogen-bond acceptors (Lipinski definition) is 4. The topological polar surface area (TPSA) is 67.9 Å². The Kier molecular flexibility index (Phi) is 6.33. The summed E-state index contributed by atoms with van der Waals surface area (Å²) in [6, 6.07) is 8.00. The summed E-state index contributed by atoms with van der Waals surface area (Å²) < 4.78 is 27.2. The van der Waals surface area contributed by atoms with Crippen molar-refractivity contribution in [3.8, 4) is 5.75 Å². The number of para-hydroxylation sites is 1. The standard InChI is InChI=1S/C21H30N2O4S/c1-28(25)22-18-6-4-12-23-19(18)13-26-16-10-8-15(9-11-16)17-5-2-3-7-20(17)27-14-21(23)24/h2-3,5,7,15-16,18-19,22H,4,6,8-14H2,1H3/t15?,16?,18-,19-,28?/m0/s1. The highest BCUT2D eigenvalue weighted by molar-refractivity contribution is 7.82. The Balaban J connectivity index is 1.60. The molecule has 7 heteroatoms. The number of nitrogens with zero attached hydrogens (tertiary/aromatic N) is 1. The minimum absolute atomic E-state index is 0.0164. The first-order chi connectivity index (χ1) is 13.6. The van der Waals surface area contributed by atoms with E-state index in [4.69, 9.17) is 9.47 Å². The quantitative estimate of drug-likeness (QED) is 0.819. The zero-order valence-corrected chi connectivity index (χ0v) is 17.3. The average molecular weight is 407 g/mol. The molecule has 3 atom stereocenters. The van der Waals surface area contributed by atoms with Crippen molar-refractivity contribution in [3.63, 3.8) is 0 Å². The Bertz CT molecular complexity index is 720. The number of ether oxygens (including phenoxy) is 2. The van der Waals surface area contributed by atoms with Crippen molar-refractivity contribution in [2.45, 2.75) is 62.6 Å². The molecule has 0 aromatic heterocycles. The monoisotopic (exact) mass is 406 g/mol. The van der Waals surface area contributed by atoms with Gasteiger partial charge in [-0.25, -0.2) is 8.93 Å². The van der Waals surface area contributed by atoms with E-state index in [-0.39, 0.29) is 30.7 Å². The normalized spacial score (nSPS) is 32.2. The molecule has 1 N–H and O–H groups in total. The number of benzene rings is 1. The number of nitrogens with one attached hydrogen (secondary N) is 1. The van der Waals surface area contributed by atoms with Gasteiger partial charge in [-0.1, -0.05) is 18.2 Å². The third-order valence-electron chi connectivity index (χ3n) is 6.30. The SMILES string of the molecule is CS(=O)N[C@H]1CCCN2C(=O)COc3ccccc3C3CCC(CC3)OC[C@@H]12. The Labute approximate surface area is 169 Å². The van der Waals surface area contributed by atoms with Gasteiger partial charge in [0.1, 0.15) is 5.75 Å². The Morgan fingerprint density at radius 1 is 1.14 bits per heavy atom. The number of amides is 1. The number of carbonyl (C=O) groups is 1. The van der Waals surface area contributed by atoms with Gasteiger partial charge < -0.3 is 14.4 Å². The van der Waals surface area contributed by atoms with E-state index in [1.54, 1.807) is 6.26 Å². The van der Waals surface area contributed by atoms with Gasteiger partial charge in [0.05, 0.1) is 29.7 Å². The highest BCUT2D eigenvalue weighted by Crippen LogP contribution is 2.38. The van der Waals surface area contributed by atoms with E-state index in [9.17, 15) is 9.00 Å². The molecule has 6 nitrogen and oxygen atoms in total. The molecule has 1 aliphatic carbocycles. The van der Waals surface area contributed by atoms with Gasteiger partial charge in [0.25, 0.3) is 5.91 Å². The smallest absolute Gasteiger partial charge is 0.260 e. The van der Waals surface area contributed by atoms with Crippen molar-refractivity contribution in [2.24, 2.45) is 0 Å². The van der Waals surface area contributed by atoms with Gasteiger partial charge in [-0.15, -0.1) is 0 Å². The molecule has 2 bridgehead atoms. The van der Waals surface area contributed by atoms with Crippen LogP contribution >= 0.6 is 0 Å². The summed E-state index contributed by atoms with van der Waals surface area (Å²) >= 11 is 0. The molecule has 3 heterocycles. The molecule has 4 aliphatic rings. The summed E-state index contributed by atoms with van der Waals surface area (Å²) in [6.45, 7) is 1.22. The van der Waals surface area contributed by atoms with Gasteiger partial charge in [0.2, 0.25) is 0 Å². The summed E-state index contributed by atoms with van der Waals surface area (Å²) in [5.74, 6) is 1.27. The van der Waals surface area contributed by atoms with E-state index in [1.165, 1.54) is 5.56 Å². The Hall–Kier alpha value is -1.44. The van der Waals surface area contributed by atoms with Crippen LogP contribution in [0.15, 0.2) is 24.3 Å². The number of carbonyl (C=O) groups excluding carboxylic acids is 1. The van der Waals surface area contributed by atoms with Gasteiger partial charge in [0, 0.05) is 18.8 Å². The molecule has 0 radical (unpaired) electrons. The van der Waals surface area contributed by atoms with Gasteiger partial charge in [-0.3, -0.25) is 4.79 Å². The maximum atomic E-state index is 13.0. The third kappa shape index (κ3) is 4.42. The first kappa shape index (κ1) is 19.9. The van der Waals surface area contributed by atoms with E-state index in [0.717, 1.165) is 44.3 Å². The van der Waals surface area contributed by atoms with Crippen molar-refractivity contribution < 1.29 is 18.5 Å². The van der Waals surface area contributed by atoms with Crippen LogP contribution in [0, 0.1) is 0 Å². The molecule has 2 fully saturated rings. The van der Waals surface area contributed by atoms with Crippen LogP contribution in [0.2, 0.25) is 0 Å². The number of rotatable bonds is 2. The second kappa shape index (κ2) is 8.93. The lowest BCUT2D eigenvalue weighted by atomic mass is 9.82. The lowest BCUT2D eigenvalue weighted by Crippen LogP contribution is -2.59. The maximum Gasteiger partial charge on any atom is 0.260 e. The number of hydrogen-bond donors (Lipinski definition) is 1. The van der Waals surface area contributed by atoms with Gasteiger partial charge in [0.15, 0.2) is 6.61 Å². The molecule has 1 aromatic rings. The first-order valence-corrected chi connectivity index (χ1v) is 11.9. The minimum Gasteiger partial charge on any atom is -0.483 e. The maximum absolute atomic E-state index is 13.0. The van der Waals surface area contributed by atoms with Crippen LogP contribution in [0.3, 0.4) is 0 Å². The highest BCUT2D eigenvalue weighted by atomic mass is 32.2. The molecule has 1 amide bonds. The summed E-state index contributed by atoms with van der Waals surface area (Å²) in [6.07, 6.45) is 7.86. The lowest BCUT2D eigenvalue weighted by Gasteiger charge is -2.41. The van der Waals surface area contributed by atoms with Crippen LogP contribution in [0.5, 0.6) is 5.75 Å². The van der Waals surface area contributed by atoms with Gasteiger partial charge >= 0.3 is 0 Å². The summed E-state index contributed by atoms with van der Waals surface area (Å²) in [5.41, 5.74) is 1.21. The van der Waals surface area contributed by atoms with Crippen LogP contribution in [0.4, 0.5) is 0 Å². The van der Waals surface area contributed by atoms with Crippen LogP contribution in [0.1, 0.15) is 50.0 Å². The summed E-state index contributed by atoms with van der Waals surface area (Å²) in [5, 5.41) is 0. The van der Waals surface area contributed by atoms with Crippen molar-refractivity contribution >= 4 is 16.9 Å². The lowest BCUT2D eigenvalue weighted by molar-refractivity contribution is -0.140. The molecule has 1 aromatic carbocycles. The highest BCUT2D eigenvalue weighted by Gasteiger charge is 2.36. The molecule has 5 rings (SSSR count).